The maximum absolute atomic E-state index is 12.6. The van der Waals surface area contributed by atoms with Crippen molar-refractivity contribution in [2.45, 2.75) is 13.0 Å². The zero-order valence-corrected chi connectivity index (χ0v) is 13.6. The highest BCUT2D eigenvalue weighted by atomic mass is 32.1. The molecule has 0 atom stereocenters. The van der Waals surface area contributed by atoms with Gasteiger partial charge >= 0.3 is 0 Å². The minimum absolute atomic E-state index is 0.00658. The minimum Gasteiger partial charge on any atom is -0.333 e. The Bertz CT molecular complexity index is 933. The molecule has 0 saturated heterocycles. The summed E-state index contributed by atoms with van der Waals surface area (Å²) in [6.07, 6.45) is 4.21. The highest BCUT2D eigenvalue weighted by Crippen LogP contribution is 2.21. The highest BCUT2D eigenvalue weighted by Gasteiger charge is 2.24. The molecule has 3 heterocycles. The molecule has 4 rings (SSSR count). The molecule has 0 fully saturated rings. The largest absolute Gasteiger partial charge is 0.333 e. The minimum atomic E-state index is 0.00658. The molecule has 1 amide bonds. The third-order valence-electron chi connectivity index (χ3n) is 3.89. The van der Waals surface area contributed by atoms with E-state index in [-0.39, 0.29) is 5.91 Å². The summed E-state index contributed by atoms with van der Waals surface area (Å²) in [4.78, 5) is 19.4. The lowest BCUT2D eigenvalue weighted by Gasteiger charge is -2.25. The van der Waals surface area contributed by atoms with Crippen LogP contribution in [0.25, 0.3) is 0 Å². The Morgan fingerprint density at radius 2 is 2.08 bits per heavy atom. The molecule has 0 bridgehead atoms. The van der Waals surface area contributed by atoms with Crippen molar-refractivity contribution in [2.24, 2.45) is 0 Å². The summed E-state index contributed by atoms with van der Waals surface area (Å²) in [5.74, 6) is 6.09. The summed E-state index contributed by atoms with van der Waals surface area (Å²) in [6.45, 7) is 1.28. The van der Waals surface area contributed by atoms with Gasteiger partial charge in [-0.25, -0.2) is 4.98 Å². The number of carbonyl (C=O) groups excluding carboxylic acids is 1. The average molecular weight is 334 g/mol. The number of thiazole rings is 1. The molecule has 0 spiro atoms. The highest BCUT2D eigenvalue weighted by molar-refractivity contribution is 7.14. The van der Waals surface area contributed by atoms with E-state index in [1.807, 2.05) is 35.2 Å². The van der Waals surface area contributed by atoms with Crippen molar-refractivity contribution < 1.29 is 4.79 Å². The third kappa shape index (κ3) is 2.94. The van der Waals surface area contributed by atoms with Crippen molar-refractivity contribution >= 4 is 17.2 Å². The van der Waals surface area contributed by atoms with E-state index in [1.165, 1.54) is 11.3 Å². The molecule has 1 N–H and O–H groups in total. The van der Waals surface area contributed by atoms with Gasteiger partial charge in [0.25, 0.3) is 5.91 Å². The summed E-state index contributed by atoms with van der Waals surface area (Å²) < 4.78 is 0. The van der Waals surface area contributed by atoms with Gasteiger partial charge in [0, 0.05) is 36.3 Å². The fourth-order valence-corrected chi connectivity index (χ4v) is 3.37. The van der Waals surface area contributed by atoms with Crippen LogP contribution in [0.4, 0.5) is 0 Å². The Kier molecular flexibility index (Phi) is 3.85. The Labute approximate surface area is 143 Å². The molecule has 1 aliphatic rings. The van der Waals surface area contributed by atoms with Crippen molar-refractivity contribution in [3.05, 3.63) is 69.4 Å². The van der Waals surface area contributed by atoms with E-state index in [2.05, 4.69) is 27.0 Å². The fourth-order valence-electron chi connectivity index (χ4n) is 2.63. The lowest BCUT2D eigenvalue weighted by atomic mass is 10.1. The van der Waals surface area contributed by atoms with E-state index in [1.54, 1.807) is 12.4 Å². The van der Waals surface area contributed by atoms with Crippen molar-refractivity contribution in [3.8, 4) is 11.8 Å². The summed E-state index contributed by atoms with van der Waals surface area (Å²) in [6, 6.07) is 9.74. The first-order valence-electron chi connectivity index (χ1n) is 7.63. The zero-order chi connectivity index (χ0) is 16.4. The number of amides is 1. The Hall–Kier alpha value is -2.91. The van der Waals surface area contributed by atoms with Gasteiger partial charge in [-0.15, -0.1) is 11.3 Å². The molecule has 0 saturated carbocycles. The third-order valence-corrected chi connectivity index (χ3v) is 4.79. The second kappa shape index (κ2) is 6.30. The number of hydrogen-bond acceptors (Lipinski definition) is 4. The van der Waals surface area contributed by atoms with E-state index >= 15 is 0 Å². The van der Waals surface area contributed by atoms with E-state index in [9.17, 15) is 4.79 Å². The average Bonchev–Trinajstić information content (AvgIpc) is 3.29. The Morgan fingerprint density at radius 1 is 1.21 bits per heavy atom. The molecular weight excluding hydrogens is 320 g/mol. The van der Waals surface area contributed by atoms with Crippen LogP contribution in [0.1, 0.15) is 31.5 Å². The van der Waals surface area contributed by atoms with E-state index in [0.29, 0.717) is 23.0 Å². The number of aromatic nitrogens is 3. The number of hydrogen-bond donors (Lipinski definition) is 1. The molecule has 0 radical (unpaired) electrons. The number of nitrogens with one attached hydrogen (secondary N) is 1. The summed E-state index contributed by atoms with van der Waals surface area (Å²) in [5, 5.41) is 7.67. The van der Waals surface area contributed by atoms with E-state index in [0.717, 1.165) is 23.2 Å². The van der Waals surface area contributed by atoms with Gasteiger partial charge in [-0.2, -0.15) is 5.10 Å². The molecule has 6 heteroatoms. The maximum atomic E-state index is 12.6. The normalized spacial score (nSPS) is 13.1. The molecule has 118 valence electrons. The van der Waals surface area contributed by atoms with Crippen LogP contribution in [-0.4, -0.2) is 32.5 Å². The van der Waals surface area contributed by atoms with Gasteiger partial charge in [0.05, 0.1) is 12.4 Å². The van der Waals surface area contributed by atoms with Crippen molar-refractivity contribution in [3.63, 3.8) is 0 Å². The van der Waals surface area contributed by atoms with Gasteiger partial charge in [0.15, 0.2) is 5.01 Å². The van der Waals surface area contributed by atoms with Crippen molar-refractivity contribution in [2.75, 3.05) is 6.54 Å². The first kappa shape index (κ1) is 14.7. The van der Waals surface area contributed by atoms with Crippen molar-refractivity contribution in [1.82, 2.24) is 20.1 Å². The number of rotatable bonds is 1. The molecule has 0 unspecified atom stereocenters. The number of benzene rings is 1. The van der Waals surface area contributed by atoms with Gasteiger partial charge in [0.1, 0.15) is 4.88 Å². The summed E-state index contributed by atoms with van der Waals surface area (Å²) >= 11 is 1.34. The predicted octanol–water partition coefficient (Wildman–Crippen LogP) is 2.46. The first-order valence-corrected chi connectivity index (χ1v) is 8.44. The standard InChI is InChI=1S/C18H14N4OS/c23-18(22-9-8-15-14(12-22)10-20-21-15)16-11-19-17(24-16)7-6-13-4-2-1-3-5-13/h1-5,10-11H,8-9,12H2,(H,20,21). The van der Waals surface area contributed by atoms with Gasteiger partial charge in [-0.3, -0.25) is 9.89 Å². The smallest absolute Gasteiger partial charge is 0.265 e. The molecule has 1 aliphatic heterocycles. The van der Waals surface area contributed by atoms with Crippen LogP contribution >= 0.6 is 11.3 Å². The number of aromatic amines is 1. The van der Waals surface area contributed by atoms with E-state index in [4.69, 9.17) is 0 Å². The number of H-pyrrole nitrogens is 1. The van der Waals surface area contributed by atoms with E-state index < -0.39 is 0 Å². The van der Waals surface area contributed by atoms with Gasteiger partial charge < -0.3 is 4.90 Å². The number of carbonyl (C=O) groups is 1. The van der Waals surface area contributed by atoms with Crippen LogP contribution in [0.2, 0.25) is 0 Å². The summed E-state index contributed by atoms with van der Waals surface area (Å²) in [7, 11) is 0. The SMILES string of the molecule is O=C(c1cnc(C#Cc2ccccc2)s1)N1CCc2[nH]ncc2C1. The molecule has 24 heavy (non-hydrogen) atoms. The van der Waals surface area contributed by atoms with Crippen LogP contribution in [0.3, 0.4) is 0 Å². The quantitative estimate of drug-likeness (QED) is 0.696. The Morgan fingerprint density at radius 3 is 2.96 bits per heavy atom. The lowest BCUT2D eigenvalue weighted by Crippen LogP contribution is -2.35. The molecule has 5 nitrogen and oxygen atoms in total. The van der Waals surface area contributed by atoms with Crippen LogP contribution < -0.4 is 0 Å². The monoisotopic (exact) mass is 334 g/mol. The van der Waals surface area contributed by atoms with Crippen LogP contribution in [-0.2, 0) is 13.0 Å². The summed E-state index contributed by atoms with van der Waals surface area (Å²) in [5.41, 5.74) is 3.14. The molecular formula is C18H14N4OS. The van der Waals surface area contributed by atoms with Gasteiger partial charge in [-0.1, -0.05) is 24.1 Å². The molecule has 2 aromatic heterocycles. The van der Waals surface area contributed by atoms with Crippen LogP contribution in [0, 0.1) is 11.8 Å². The molecule has 3 aromatic rings. The second-order valence-electron chi connectivity index (χ2n) is 5.50. The maximum Gasteiger partial charge on any atom is 0.265 e. The fraction of sp³-hybridized carbons (Fsp3) is 0.167. The van der Waals surface area contributed by atoms with Crippen molar-refractivity contribution in [1.29, 1.82) is 0 Å². The van der Waals surface area contributed by atoms with Crippen LogP contribution in [0.15, 0.2) is 42.7 Å². The number of nitrogens with zero attached hydrogens (tertiary/aromatic N) is 3. The predicted molar refractivity (Wildman–Crippen MR) is 91.6 cm³/mol. The second-order valence-corrected chi connectivity index (χ2v) is 6.53. The Balaban J connectivity index is 1.49. The lowest BCUT2D eigenvalue weighted by molar-refractivity contribution is 0.0739. The molecule has 0 aliphatic carbocycles. The molecule has 1 aromatic carbocycles. The topological polar surface area (TPSA) is 61.9 Å². The first-order chi connectivity index (χ1) is 11.8. The van der Waals surface area contributed by atoms with Gasteiger partial charge in [-0.05, 0) is 18.1 Å². The van der Waals surface area contributed by atoms with Crippen LogP contribution in [0.5, 0.6) is 0 Å². The van der Waals surface area contributed by atoms with Gasteiger partial charge in [0.2, 0.25) is 0 Å². The number of fused-ring (bicyclic) bond motifs is 1. The zero-order valence-electron chi connectivity index (χ0n) is 12.8.